The molecule has 0 spiro atoms. The van der Waals surface area contributed by atoms with Crippen LogP contribution in [0.25, 0.3) is 0 Å². The summed E-state index contributed by atoms with van der Waals surface area (Å²) in [6.45, 7) is 14.7. The molecular weight excluding hydrogens is 418 g/mol. The summed E-state index contributed by atoms with van der Waals surface area (Å²) in [5.74, 6) is 1.95. The Morgan fingerprint density at radius 1 is 0.839 bits per heavy atom. The predicted molar refractivity (Wildman–Crippen MR) is 140 cm³/mol. The van der Waals surface area contributed by atoms with E-state index in [9.17, 15) is 4.79 Å². The summed E-state index contributed by atoms with van der Waals surface area (Å²) in [6, 6.07) is 21.4. The lowest BCUT2D eigenvalue weighted by atomic mass is 10.0. The molecular formula is C27H37NOS2. The van der Waals surface area contributed by atoms with Gasteiger partial charge in [0.05, 0.1) is 0 Å². The standard InChI is InChI=1S/C27H37NOS2/c1-21(2)25(29)28-24(17-19-30-26(3,4)22-13-9-7-10-14-22)18-20-31-27(5,6)23-15-11-8-12-16-23/h7-16,24H,1,17-20H2,2-6H3,(H,28,29). The van der Waals surface area contributed by atoms with E-state index in [-0.39, 0.29) is 21.4 Å². The lowest BCUT2D eigenvalue weighted by Crippen LogP contribution is -2.36. The molecule has 0 radical (unpaired) electrons. The highest BCUT2D eigenvalue weighted by molar-refractivity contribution is 8.00. The lowest BCUT2D eigenvalue weighted by Gasteiger charge is -2.28. The number of thioether (sulfide) groups is 2. The summed E-state index contributed by atoms with van der Waals surface area (Å²) in [5, 5.41) is 3.20. The maximum Gasteiger partial charge on any atom is 0.246 e. The molecule has 31 heavy (non-hydrogen) atoms. The van der Waals surface area contributed by atoms with Crippen LogP contribution in [-0.2, 0) is 14.3 Å². The Morgan fingerprint density at radius 2 is 1.23 bits per heavy atom. The van der Waals surface area contributed by atoms with Gasteiger partial charge in [0.2, 0.25) is 5.91 Å². The van der Waals surface area contributed by atoms with Crippen molar-refractivity contribution in [1.29, 1.82) is 0 Å². The molecule has 4 heteroatoms. The molecule has 0 fully saturated rings. The second-order valence-electron chi connectivity index (χ2n) is 8.98. The maximum absolute atomic E-state index is 12.3. The molecule has 0 saturated carbocycles. The number of carbonyl (C=O) groups is 1. The van der Waals surface area contributed by atoms with Crippen LogP contribution in [0.5, 0.6) is 0 Å². The van der Waals surface area contributed by atoms with Gasteiger partial charge in [-0.2, -0.15) is 23.5 Å². The van der Waals surface area contributed by atoms with Crippen molar-refractivity contribution in [3.63, 3.8) is 0 Å². The second-order valence-corrected chi connectivity index (χ2v) is 12.4. The van der Waals surface area contributed by atoms with Gasteiger partial charge in [-0.3, -0.25) is 4.79 Å². The van der Waals surface area contributed by atoms with Crippen molar-refractivity contribution in [3.05, 3.63) is 83.9 Å². The van der Waals surface area contributed by atoms with Gasteiger partial charge in [-0.25, -0.2) is 0 Å². The molecule has 0 aliphatic carbocycles. The van der Waals surface area contributed by atoms with Crippen molar-refractivity contribution >= 4 is 29.4 Å². The molecule has 0 saturated heterocycles. The van der Waals surface area contributed by atoms with Gasteiger partial charge >= 0.3 is 0 Å². The third-order valence-corrected chi connectivity index (χ3v) is 8.31. The van der Waals surface area contributed by atoms with Crippen LogP contribution >= 0.6 is 23.5 Å². The SMILES string of the molecule is C=C(C)C(=O)NC(CCSC(C)(C)c1ccccc1)CCSC(C)(C)c1ccccc1. The highest BCUT2D eigenvalue weighted by atomic mass is 32.2. The molecule has 0 aliphatic heterocycles. The summed E-state index contributed by atoms with van der Waals surface area (Å²) >= 11 is 3.90. The number of amides is 1. The summed E-state index contributed by atoms with van der Waals surface area (Å²) in [4.78, 5) is 12.3. The van der Waals surface area contributed by atoms with Crippen molar-refractivity contribution in [2.75, 3.05) is 11.5 Å². The number of hydrogen-bond acceptors (Lipinski definition) is 3. The molecule has 2 aromatic carbocycles. The Kier molecular flexibility index (Phi) is 9.77. The highest BCUT2D eigenvalue weighted by Gasteiger charge is 2.24. The van der Waals surface area contributed by atoms with Crippen molar-refractivity contribution in [2.24, 2.45) is 0 Å². The van der Waals surface area contributed by atoms with Crippen molar-refractivity contribution in [2.45, 2.75) is 63.0 Å². The minimum absolute atomic E-state index is 0.0374. The van der Waals surface area contributed by atoms with Gasteiger partial charge in [-0.15, -0.1) is 0 Å². The summed E-state index contributed by atoms with van der Waals surface area (Å²) in [6.07, 6.45) is 1.90. The third kappa shape index (κ3) is 8.42. The van der Waals surface area contributed by atoms with Crippen LogP contribution in [0.3, 0.4) is 0 Å². The summed E-state index contributed by atoms with van der Waals surface area (Å²) in [7, 11) is 0. The molecule has 1 N–H and O–H groups in total. The number of benzene rings is 2. The maximum atomic E-state index is 12.3. The Hall–Kier alpha value is -1.65. The number of nitrogens with one attached hydrogen (secondary N) is 1. The fraction of sp³-hybridized carbons (Fsp3) is 0.444. The summed E-state index contributed by atoms with van der Waals surface area (Å²) < 4.78 is 0.0996. The smallest absolute Gasteiger partial charge is 0.246 e. The van der Waals surface area contributed by atoms with Crippen molar-refractivity contribution < 1.29 is 4.79 Å². The molecule has 168 valence electrons. The molecule has 0 atom stereocenters. The minimum Gasteiger partial charge on any atom is -0.350 e. The molecule has 0 aromatic heterocycles. The van der Waals surface area contributed by atoms with Gasteiger partial charge in [0.1, 0.15) is 0 Å². The lowest BCUT2D eigenvalue weighted by molar-refractivity contribution is -0.118. The molecule has 2 nitrogen and oxygen atoms in total. The topological polar surface area (TPSA) is 29.1 Å². The Bertz CT molecular complexity index is 773. The molecule has 0 unspecified atom stereocenters. The van der Waals surface area contributed by atoms with Crippen molar-refractivity contribution in [1.82, 2.24) is 5.32 Å². The Balaban J connectivity index is 1.92. The predicted octanol–water partition coefficient (Wildman–Crippen LogP) is 7.16. The zero-order valence-electron chi connectivity index (χ0n) is 19.6. The molecule has 0 bridgehead atoms. The van der Waals surface area contributed by atoms with Crippen LogP contribution in [0.15, 0.2) is 72.8 Å². The van der Waals surface area contributed by atoms with E-state index in [1.54, 1.807) is 6.92 Å². The van der Waals surface area contributed by atoms with E-state index in [4.69, 9.17) is 0 Å². The largest absolute Gasteiger partial charge is 0.350 e. The average molecular weight is 456 g/mol. The van der Waals surface area contributed by atoms with Crippen molar-refractivity contribution in [3.8, 4) is 0 Å². The highest BCUT2D eigenvalue weighted by Crippen LogP contribution is 2.37. The number of rotatable bonds is 12. The second kappa shape index (κ2) is 11.8. The third-order valence-electron chi connectivity index (χ3n) is 5.52. The molecule has 2 aromatic rings. The van der Waals surface area contributed by atoms with Crippen LogP contribution in [0.1, 0.15) is 58.6 Å². The van der Waals surface area contributed by atoms with Gasteiger partial charge in [-0.1, -0.05) is 67.2 Å². The number of hydrogen-bond donors (Lipinski definition) is 1. The van der Waals surface area contributed by atoms with E-state index in [2.05, 4.69) is 100 Å². The quantitative estimate of drug-likeness (QED) is 0.344. The van der Waals surface area contributed by atoms with Crippen LogP contribution in [0.2, 0.25) is 0 Å². The van der Waals surface area contributed by atoms with Gasteiger partial charge < -0.3 is 5.32 Å². The van der Waals surface area contributed by atoms with Crippen LogP contribution in [-0.4, -0.2) is 23.5 Å². The van der Waals surface area contributed by atoms with Gasteiger partial charge in [0, 0.05) is 21.1 Å². The zero-order chi connectivity index (χ0) is 22.9. The van der Waals surface area contributed by atoms with Gasteiger partial charge in [0.15, 0.2) is 0 Å². The Morgan fingerprint density at radius 3 is 1.58 bits per heavy atom. The Labute approximate surface area is 197 Å². The normalized spacial score (nSPS) is 12.1. The van der Waals surface area contributed by atoms with Gasteiger partial charge in [0.25, 0.3) is 0 Å². The average Bonchev–Trinajstić information content (AvgIpc) is 2.74. The molecule has 0 heterocycles. The first-order chi connectivity index (χ1) is 14.6. The zero-order valence-corrected chi connectivity index (χ0v) is 21.2. The minimum atomic E-state index is -0.0374. The van der Waals surface area contributed by atoms with E-state index < -0.39 is 0 Å². The van der Waals surface area contributed by atoms with E-state index in [1.165, 1.54) is 11.1 Å². The van der Waals surface area contributed by atoms with Gasteiger partial charge in [-0.05, 0) is 70.1 Å². The van der Waals surface area contributed by atoms with E-state index >= 15 is 0 Å². The molecule has 0 aliphatic rings. The van der Waals surface area contributed by atoms with Crippen LogP contribution < -0.4 is 5.32 Å². The van der Waals surface area contributed by atoms with Crippen LogP contribution in [0.4, 0.5) is 0 Å². The first-order valence-corrected chi connectivity index (χ1v) is 12.9. The number of carbonyl (C=O) groups excluding carboxylic acids is 1. The monoisotopic (exact) mass is 455 g/mol. The van der Waals surface area contributed by atoms with E-state index in [1.807, 2.05) is 23.5 Å². The first kappa shape index (κ1) is 25.6. The summed E-state index contributed by atoms with van der Waals surface area (Å²) in [5.41, 5.74) is 3.24. The van der Waals surface area contributed by atoms with E-state index in [0.29, 0.717) is 5.57 Å². The first-order valence-electron chi connectivity index (χ1n) is 11.0. The molecule has 2 rings (SSSR count). The molecule has 1 amide bonds. The fourth-order valence-electron chi connectivity index (χ4n) is 3.36. The van der Waals surface area contributed by atoms with E-state index in [0.717, 1.165) is 24.3 Å². The fourth-order valence-corrected chi connectivity index (χ4v) is 5.79. The van der Waals surface area contributed by atoms with Crippen LogP contribution in [0, 0.1) is 0 Å².